The standard InChI is InChI=1S/C15H27N3O/c1-11(2)9-15-17-13-10-16-6-5-14(13)18(15)7-8-19-12(3)4/h11-12,16H,5-10H2,1-4H3. The highest BCUT2D eigenvalue weighted by molar-refractivity contribution is 5.20. The van der Waals surface area contributed by atoms with Gasteiger partial charge in [-0.05, 0) is 19.8 Å². The van der Waals surface area contributed by atoms with Crippen LogP contribution in [-0.4, -0.2) is 28.8 Å². The van der Waals surface area contributed by atoms with Gasteiger partial charge in [0.25, 0.3) is 0 Å². The minimum absolute atomic E-state index is 0.301. The van der Waals surface area contributed by atoms with Gasteiger partial charge in [-0.1, -0.05) is 13.8 Å². The van der Waals surface area contributed by atoms with Crippen LogP contribution in [0.25, 0.3) is 0 Å². The van der Waals surface area contributed by atoms with E-state index in [-0.39, 0.29) is 0 Å². The summed E-state index contributed by atoms with van der Waals surface area (Å²) >= 11 is 0. The van der Waals surface area contributed by atoms with Crippen molar-refractivity contribution >= 4 is 0 Å². The lowest BCUT2D eigenvalue weighted by Gasteiger charge is -2.17. The predicted molar refractivity (Wildman–Crippen MR) is 77.3 cm³/mol. The zero-order chi connectivity index (χ0) is 13.8. The van der Waals surface area contributed by atoms with Crippen LogP contribution in [0.15, 0.2) is 0 Å². The van der Waals surface area contributed by atoms with Crippen LogP contribution >= 0.6 is 0 Å². The van der Waals surface area contributed by atoms with E-state index in [9.17, 15) is 0 Å². The molecule has 1 N–H and O–H groups in total. The molecule has 2 heterocycles. The van der Waals surface area contributed by atoms with Crippen molar-refractivity contribution in [2.45, 2.75) is 59.7 Å². The summed E-state index contributed by atoms with van der Waals surface area (Å²) in [5, 5.41) is 3.40. The monoisotopic (exact) mass is 265 g/mol. The number of ether oxygens (including phenoxy) is 1. The first-order valence-electron chi connectivity index (χ1n) is 7.47. The molecule has 0 unspecified atom stereocenters. The van der Waals surface area contributed by atoms with Crippen molar-refractivity contribution < 1.29 is 4.74 Å². The Labute approximate surface area is 116 Å². The lowest BCUT2D eigenvalue weighted by atomic mass is 10.1. The molecule has 0 aromatic carbocycles. The lowest BCUT2D eigenvalue weighted by Crippen LogP contribution is -2.25. The lowest BCUT2D eigenvalue weighted by molar-refractivity contribution is 0.0718. The molecule has 1 aliphatic rings. The molecule has 0 saturated carbocycles. The van der Waals surface area contributed by atoms with Gasteiger partial charge < -0.3 is 14.6 Å². The molecule has 1 aromatic rings. The Morgan fingerprint density at radius 3 is 2.79 bits per heavy atom. The molecule has 0 bridgehead atoms. The normalized spacial score (nSPS) is 15.3. The molecule has 0 amide bonds. The zero-order valence-corrected chi connectivity index (χ0v) is 12.7. The molecular weight excluding hydrogens is 238 g/mol. The summed E-state index contributed by atoms with van der Waals surface area (Å²) in [5.41, 5.74) is 2.66. The highest BCUT2D eigenvalue weighted by Gasteiger charge is 2.19. The van der Waals surface area contributed by atoms with Gasteiger partial charge in [-0.3, -0.25) is 0 Å². The maximum absolute atomic E-state index is 5.70. The van der Waals surface area contributed by atoms with Gasteiger partial charge in [0.05, 0.1) is 18.4 Å². The smallest absolute Gasteiger partial charge is 0.109 e. The molecule has 0 atom stereocenters. The van der Waals surface area contributed by atoms with Crippen LogP contribution in [0.5, 0.6) is 0 Å². The van der Waals surface area contributed by atoms with Crippen LogP contribution in [0, 0.1) is 5.92 Å². The summed E-state index contributed by atoms with van der Waals surface area (Å²) in [5.74, 6) is 1.87. The molecule has 108 valence electrons. The zero-order valence-electron chi connectivity index (χ0n) is 12.7. The number of rotatable bonds is 6. The van der Waals surface area contributed by atoms with E-state index in [0.29, 0.717) is 12.0 Å². The molecule has 0 saturated heterocycles. The van der Waals surface area contributed by atoms with E-state index < -0.39 is 0 Å². The fraction of sp³-hybridized carbons (Fsp3) is 0.800. The van der Waals surface area contributed by atoms with Crippen molar-refractivity contribution in [3.63, 3.8) is 0 Å². The first-order valence-corrected chi connectivity index (χ1v) is 7.47. The summed E-state index contributed by atoms with van der Waals surface area (Å²) in [4.78, 5) is 4.83. The molecule has 4 nitrogen and oxygen atoms in total. The molecule has 2 rings (SSSR count). The summed E-state index contributed by atoms with van der Waals surface area (Å²) in [7, 11) is 0. The van der Waals surface area contributed by atoms with Gasteiger partial charge in [-0.25, -0.2) is 4.98 Å². The second-order valence-corrected chi connectivity index (χ2v) is 6.02. The van der Waals surface area contributed by atoms with Crippen LogP contribution < -0.4 is 5.32 Å². The summed E-state index contributed by atoms with van der Waals surface area (Å²) in [6, 6.07) is 0. The van der Waals surface area contributed by atoms with E-state index in [1.807, 2.05) is 0 Å². The molecule has 0 aliphatic carbocycles. The Morgan fingerprint density at radius 2 is 2.11 bits per heavy atom. The number of hydrogen-bond donors (Lipinski definition) is 1. The van der Waals surface area contributed by atoms with Crippen LogP contribution in [-0.2, 0) is 30.7 Å². The van der Waals surface area contributed by atoms with Gasteiger partial charge >= 0.3 is 0 Å². The van der Waals surface area contributed by atoms with E-state index in [2.05, 4.69) is 37.6 Å². The van der Waals surface area contributed by atoms with Crippen LogP contribution in [0.4, 0.5) is 0 Å². The average molecular weight is 265 g/mol. The highest BCUT2D eigenvalue weighted by atomic mass is 16.5. The minimum Gasteiger partial charge on any atom is -0.377 e. The molecule has 19 heavy (non-hydrogen) atoms. The van der Waals surface area contributed by atoms with E-state index in [4.69, 9.17) is 9.72 Å². The maximum atomic E-state index is 5.70. The van der Waals surface area contributed by atoms with Crippen LogP contribution in [0.3, 0.4) is 0 Å². The van der Waals surface area contributed by atoms with Crippen LogP contribution in [0.2, 0.25) is 0 Å². The molecule has 1 aromatic heterocycles. The minimum atomic E-state index is 0.301. The summed E-state index contributed by atoms with van der Waals surface area (Å²) < 4.78 is 8.10. The van der Waals surface area contributed by atoms with E-state index in [1.54, 1.807) is 0 Å². The Hall–Kier alpha value is -0.870. The quantitative estimate of drug-likeness (QED) is 0.856. The number of nitrogens with zero attached hydrogens (tertiary/aromatic N) is 2. The summed E-state index contributed by atoms with van der Waals surface area (Å²) in [6.07, 6.45) is 2.44. The van der Waals surface area contributed by atoms with Gasteiger partial charge in [-0.15, -0.1) is 0 Å². The number of nitrogens with one attached hydrogen (secondary N) is 1. The van der Waals surface area contributed by atoms with Crippen molar-refractivity contribution in [2.75, 3.05) is 13.2 Å². The molecule has 4 heteroatoms. The van der Waals surface area contributed by atoms with Crippen LogP contribution in [0.1, 0.15) is 44.9 Å². The molecule has 1 aliphatic heterocycles. The molecule has 0 spiro atoms. The highest BCUT2D eigenvalue weighted by Crippen LogP contribution is 2.18. The third-order valence-electron chi connectivity index (χ3n) is 3.42. The van der Waals surface area contributed by atoms with Crippen molar-refractivity contribution in [2.24, 2.45) is 5.92 Å². The topological polar surface area (TPSA) is 39.1 Å². The Morgan fingerprint density at radius 1 is 1.32 bits per heavy atom. The Balaban J connectivity index is 2.14. The van der Waals surface area contributed by atoms with E-state index in [0.717, 1.165) is 39.1 Å². The van der Waals surface area contributed by atoms with Gasteiger partial charge in [0.15, 0.2) is 0 Å². The summed E-state index contributed by atoms with van der Waals surface area (Å²) in [6.45, 7) is 12.4. The fourth-order valence-corrected chi connectivity index (χ4v) is 2.59. The maximum Gasteiger partial charge on any atom is 0.109 e. The van der Waals surface area contributed by atoms with Crippen molar-refractivity contribution in [1.29, 1.82) is 0 Å². The number of fused-ring (bicyclic) bond motifs is 1. The first-order chi connectivity index (χ1) is 9.08. The van der Waals surface area contributed by atoms with Gasteiger partial charge in [0.1, 0.15) is 5.82 Å². The Bertz CT molecular complexity index is 410. The fourth-order valence-electron chi connectivity index (χ4n) is 2.59. The first kappa shape index (κ1) is 14.5. The molecule has 0 radical (unpaired) electrons. The van der Waals surface area contributed by atoms with Gasteiger partial charge in [0.2, 0.25) is 0 Å². The van der Waals surface area contributed by atoms with Crippen molar-refractivity contribution in [3.8, 4) is 0 Å². The second kappa shape index (κ2) is 6.53. The third kappa shape index (κ3) is 3.80. The number of hydrogen-bond acceptors (Lipinski definition) is 3. The van der Waals surface area contributed by atoms with Gasteiger partial charge in [0, 0.05) is 38.2 Å². The molecular formula is C15H27N3O. The van der Waals surface area contributed by atoms with E-state index >= 15 is 0 Å². The van der Waals surface area contributed by atoms with E-state index in [1.165, 1.54) is 17.2 Å². The number of aromatic nitrogens is 2. The van der Waals surface area contributed by atoms with Crippen molar-refractivity contribution in [3.05, 3.63) is 17.2 Å². The predicted octanol–water partition coefficient (Wildman–Crippen LogP) is 2.15. The van der Waals surface area contributed by atoms with Crippen molar-refractivity contribution in [1.82, 2.24) is 14.9 Å². The molecule has 0 fully saturated rings. The third-order valence-corrected chi connectivity index (χ3v) is 3.42. The van der Waals surface area contributed by atoms with Gasteiger partial charge in [-0.2, -0.15) is 0 Å². The number of imidazole rings is 1. The average Bonchev–Trinajstić information content (AvgIpc) is 2.66. The largest absolute Gasteiger partial charge is 0.377 e. The second-order valence-electron chi connectivity index (χ2n) is 6.02. The SMILES string of the molecule is CC(C)Cc1nc2c(n1CCOC(C)C)CCNC2. The Kier molecular flexibility index (Phi) is 4.99.